The monoisotopic (exact) mass is 351 g/mol. The molecule has 1 aromatic heterocycles. The number of nitrogens with one attached hydrogen (secondary N) is 1. The Hall–Kier alpha value is -2.99. The molecule has 0 atom stereocenters. The smallest absolute Gasteiger partial charge is 0.352 e. The Labute approximate surface area is 149 Å². The van der Waals surface area contributed by atoms with E-state index in [1.165, 1.54) is 11.3 Å². The first-order valence-corrected chi connectivity index (χ1v) is 8.58. The number of benzene rings is 2. The number of thiazole rings is 1. The zero-order valence-electron chi connectivity index (χ0n) is 13.6. The third-order valence-electron chi connectivity index (χ3n) is 3.59. The number of hydrogen-bond acceptors (Lipinski definition) is 5. The number of carbonyl (C=O) groups is 1. The number of rotatable bonds is 6. The summed E-state index contributed by atoms with van der Waals surface area (Å²) >= 11 is 1.45. The molecule has 5 nitrogen and oxygen atoms in total. The first kappa shape index (κ1) is 16.9. The van der Waals surface area contributed by atoms with Crippen LogP contribution in [0.2, 0.25) is 0 Å². The van der Waals surface area contributed by atoms with Crippen LogP contribution in [0.25, 0.3) is 11.3 Å². The van der Waals surface area contributed by atoms with E-state index in [0.29, 0.717) is 5.13 Å². The quantitative estimate of drug-likeness (QED) is 0.515. The van der Waals surface area contributed by atoms with Crippen molar-refractivity contribution < 1.29 is 9.90 Å². The Morgan fingerprint density at radius 3 is 2.40 bits per heavy atom. The highest BCUT2D eigenvalue weighted by Crippen LogP contribution is 2.30. The predicted octanol–water partition coefficient (Wildman–Crippen LogP) is 4.21. The maximum Gasteiger partial charge on any atom is 0.352 e. The lowest BCUT2D eigenvalue weighted by molar-refractivity contribution is -0.129. The SMILES string of the molecule is Cc1sc(N/N=C(\Cc2ccccc2)C(=O)O)nc1-c1ccccc1. The summed E-state index contributed by atoms with van der Waals surface area (Å²) < 4.78 is 0. The van der Waals surface area contributed by atoms with Crippen molar-refractivity contribution >= 4 is 28.1 Å². The van der Waals surface area contributed by atoms with Gasteiger partial charge in [-0.3, -0.25) is 5.43 Å². The van der Waals surface area contributed by atoms with Crippen molar-refractivity contribution in [3.05, 3.63) is 71.1 Å². The molecule has 1 heterocycles. The largest absolute Gasteiger partial charge is 0.477 e. The Kier molecular flexibility index (Phi) is 5.20. The number of aryl methyl sites for hydroxylation is 1. The molecule has 0 aliphatic rings. The first-order valence-electron chi connectivity index (χ1n) is 7.76. The molecule has 0 saturated carbocycles. The van der Waals surface area contributed by atoms with Crippen LogP contribution in [0, 0.1) is 6.92 Å². The molecule has 0 spiro atoms. The molecular weight excluding hydrogens is 334 g/mol. The van der Waals surface area contributed by atoms with Crippen LogP contribution in [0.5, 0.6) is 0 Å². The standard InChI is InChI=1S/C19H17N3O2S/c1-13-17(15-10-6-3-7-11-15)20-19(25-13)22-21-16(18(23)24)12-14-8-4-2-5-9-14/h2-11H,12H2,1H3,(H,20,22)(H,23,24)/b21-16+. The highest BCUT2D eigenvalue weighted by Gasteiger charge is 2.13. The van der Waals surface area contributed by atoms with Crippen molar-refractivity contribution in [1.82, 2.24) is 4.98 Å². The molecule has 25 heavy (non-hydrogen) atoms. The van der Waals surface area contributed by atoms with Crippen LogP contribution in [0.4, 0.5) is 5.13 Å². The summed E-state index contributed by atoms with van der Waals surface area (Å²) in [6.45, 7) is 1.98. The second-order valence-electron chi connectivity index (χ2n) is 5.43. The van der Waals surface area contributed by atoms with Gasteiger partial charge in [0.15, 0.2) is 0 Å². The average Bonchev–Trinajstić information content (AvgIpc) is 3.00. The topological polar surface area (TPSA) is 74.6 Å². The third-order valence-corrected chi connectivity index (χ3v) is 4.47. The molecule has 3 aromatic rings. The molecule has 0 saturated heterocycles. The van der Waals surface area contributed by atoms with Gasteiger partial charge in [-0.25, -0.2) is 9.78 Å². The van der Waals surface area contributed by atoms with Gasteiger partial charge in [0.2, 0.25) is 5.13 Å². The first-order chi connectivity index (χ1) is 12.1. The van der Waals surface area contributed by atoms with E-state index < -0.39 is 5.97 Å². The molecule has 0 radical (unpaired) electrons. The van der Waals surface area contributed by atoms with Gasteiger partial charge < -0.3 is 5.11 Å². The van der Waals surface area contributed by atoms with Crippen molar-refractivity contribution in [2.45, 2.75) is 13.3 Å². The van der Waals surface area contributed by atoms with Crippen LogP contribution in [0.3, 0.4) is 0 Å². The summed E-state index contributed by atoms with van der Waals surface area (Å²) in [5.41, 5.74) is 5.63. The van der Waals surface area contributed by atoms with Crippen LogP contribution in [-0.2, 0) is 11.2 Å². The van der Waals surface area contributed by atoms with Crippen LogP contribution in [0.1, 0.15) is 10.4 Å². The highest BCUT2D eigenvalue weighted by atomic mass is 32.1. The van der Waals surface area contributed by atoms with Gasteiger partial charge in [-0.1, -0.05) is 60.7 Å². The van der Waals surface area contributed by atoms with Gasteiger partial charge in [-0.05, 0) is 12.5 Å². The summed E-state index contributed by atoms with van der Waals surface area (Å²) in [6, 6.07) is 19.3. The van der Waals surface area contributed by atoms with Crippen molar-refractivity contribution in [1.29, 1.82) is 0 Å². The minimum absolute atomic E-state index is 0.0420. The number of carboxylic acid groups (broad SMARTS) is 1. The lowest BCUT2D eigenvalue weighted by Gasteiger charge is -2.02. The fourth-order valence-corrected chi connectivity index (χ4v) is 3.15. The van der Waals surface area contributed by atoms with Crippen LogP contribution in [0.15, 0.2) is 65.8 Å². The lowest BCUT2D eigenvalue weighted by atomic mass is 10.1. The average molecular weight is 351 g/mol. The molecule has 3 rings (SSSR count). The van der Waals surface area contributed by atoms with Gasteiger partial charge in [0.25, 0.3) is 0 Å². The summed E-state index contributed by atoms with van der Waals surface area (Å²) in [4.78, 5) is 17.0. The maximum atomic E-state index is 11.4. The molecule has 0 bridgehead atoms. The van der Waals surface area contributed by atoms with E-state index in [4.69, 9.17) is 0 Å². The second kappa shape index (κ2) is 7.72. The highest BCUT2D eigenvalue weighted by molar-refractivity contribution is 7.16. The zero-order valence-corrected chi connectivity index (χ0v) is 14.5. The van der Waals surface area contributed by atoms with E-state index in [-0.39, 0.29) is 12.1 Å². The fourth-order valence-electron chi connectivity index (χ4n) is 2.38. The van der Waals surface area contributed by atoms with E-state index in [1.807, 2.05) is 67.6 Å². The Balaban J connectivity index is 1.79. The van der Waals surface area contributed by atoms with E-state index >= 15 is 0 Å². The number of hydrazone groups is 1. The summed E-state index contributed by atoms with van der Waals surface area (Å²) in [5, 5.41) is 14.0. The number of nitrogens with zero attached hydrogens (tertiary/aromatic N) is 2. The molecule has 2 aromatic carbocycles. The van der Waals surface area contributed by atoms with Gasteiger partial charge in [0.05, 0.1) is 5.69 Å². The van der Waals surface area contributed by atoms with Gasteiger partial charge >= 0.3 is 5.97 Å². The van der Waals surface area contributed by atoms with E-state index in [0.717, 1.165) is 21.7 Å². The Bertz CT molecular complexity index is 890. The Morgan fingerprint density at radius 1 is 1.12 bits per heavy atom. The van der Waals surface area contributed by atoms with Gasteiger partial charge in [-0.2, -0.15) is 5.10 Å². The third kappa shape index (κ3) is 4.30. The molecule has 126 valence electrons. The number of hydrogen-bond donors (Lipinski definition) is 2. The van der Waals surface area contributed by atoms with Crippen molar-refractivity contribution in [2.24, 2.45) is 5.10 Å². The zero-order chi connectivity index (χ0) is 17.6. The molecule has 0 fully saturated rings. The number of anilines is 1. The minimum atomic E-state index is -1.05. The van der Waals surface area contributed by atoms with Gasteiger partial charge in [0.1, 0.15) is 5.71 Å². The minimum Gasteiger partial charge on any atom is -0.477 e. The predicted molar refractivity (Wildman–Crippen MR) is 101 cm³/mol. The normalized spacial score (nSPS) is 11.3. The second-order valence-corrected chi connectivity index (χ2v) is 6.63. The summed E-state index contributed by atoms with van der Waals surface area (Å²) in [5.74, 6) is -1.05. The molecule has 0 unspecified atom stereocenters. The summed E-state index contributed by atoms with van der Waals surface area (Å²) in [6.07, 6.45) is 0.249. The molecular formula is C19H17N3O2S. The van der Waals surface area contributed by atoms with E-state index in [1.54, 1.807) is 0 Å². The molecule has 6 heteroatoms. The van der Waals surface area contributed by atoms with Crippen molar-refractivity contribution in [3.8, 4) is 11.3 Å². The lowest BCUT2D eigenvalue weighted by Crippen LogP contribution is -2.17. The fraction of sp³-hybridized carbons (Fsp3) is 0.105. The van der Waals surface area contributed by atoms with Gasteiger partial charge in [0, 0.05) is 16.9 Å². The van der Waals surface area contributed by atoms with Gasteiger partial charge in [-0.15, -0.1) is 11.3 Å². The number of carboxylic acids is 1. The van der Waals surface area contributed by atoms with E-state index in [9.17, 15) is 9.90 Å². The maximum absolute atomic E-state index is 11.4. The number of aliphatic carboxylic acids is 1. The van der Waals surface area contributed by atoms with Crippen LogP contribution >= 0.6 is 11.3 Å². The summed E-state index contributed by atoms with van der Waals surface area (Å²) in [7, 11) is 0. The van der Waals surface area contributed by atoms with E-state index in [2.05, 4.69) is 15.5 Å². The van der Waals surface area contributed by atoms with Crippen molar-refractivity contribution in [2.75, 3.05) is 5.43 Å². The van der Waals surface area contributed by atoms with Crippen LogP contribution in [-0.4, -0.2) is 21.8 Å². The molecule has 0 amide bonds. The molecule has 2 N–H and O–H groups in total. The van der Waals surface area contributed by atoms with Crippen LogP contribution < -0.4 is 5.43 Å². The molecule has 0 aliphatic carbocycles. The van der Waals surface area contributed by atoms with Crippen molar-refractivity contribution in [3.63, 3.8) is 0 Å². The Morgan fingerprint density at radius 2 is 1.76 bits per heavy atom. The molecule has 0 aliphatic heterocycles. The number of aromatic nitrogens is 1.